The molecule has 0 aromatic heterocycles. The molecule has 5 heteroatoms. The van der Waals surface area contributed by atoms with Crippen molar-refractivity contribution in [1.29, 1.82) is 0 Å². The van der Waals surface area contributed by atoms with Gasteiger partial charge in [0.1, 0.15) is 0 Å². The number of carboxylic acids is 2. The van der Waals surface area contributed by atoms with Gasteiger partial charge in [0.2, 0.25) is 0 Å². The third kappa shape index (κ3) is 32.1. The maximum Gasteiger partial charge on any atom is 2.00 e. The third-order valence-electron chi connectivity index (χ3n) is 10.7. The van der Waals surface area contributed by atoms with Crippen LogP contribution in [0.1, 0.15) is 229 Å². The van der Waals surface area contributed by atoms with E-state index in [9.17, 15) is 19.8 Å². The molecule has 2 aromatic carbocycles. The van der Waals surface area contributed by atoms with E-state index in [1.54, 1.807) is 0 Å². The number of benzene rings is 2. The van der Waals surface area contributed by atoms with Crippen molar-refractivity contribution >= 4 is 35.0 Å². The molecule has 0 bridgehead atoms. The first-order valence-corrected chi connectivity index (χ1v) is 22.0. The van der Waals surface area contributed by atoms with Crippen molar-refractivity contribution < 1.29 is 19.8 Å². The molecule has 0 amide bonds. The first-order chi connectivity index (χ1) is 25.5. The topological polar surface area (TPSA) is 80.3 Å². The van der Waals surface area contributed by atoms with Crippen LogP contribution < -0.4 is 10.2 Å². The molecule has 53 heavy (non-hydrogen) atoms. The maximum absolute atomic E-state index is 11.0. The molecule has 2 atom stereocenters. The summed E-state index contributed by atoms with van der Waals surface area (Å²) in [6, 6.07) is 20.1. The van der Waals surface area contributed by atoms with Crippen molar-refractivity contribution in [2.75, 3.05) is 0 Å². The summed E-state index contributed by atoms with van der Waals surface area (Å²) in [5, 5.41) is 22.0. The van der Waals surface area contributed by atoms with Crippen LogP contribution in [0.5, 0.6) is 0 Å². The Kier molecular flexibility index (Phi) is 37.1. The van der Waals surface area contributed by atoms with Crippen LogP contribution in [0.2, 0.25) is 0 Å². The van der Waals surface area contributed by atoms with Gasteiger partial charge in [-0.05, 0) is 48.6 Å². The first-order valence-electron chi connectivity index (χ1n) is 22.0. The largest absolute Gasteiger partial charge is 2.00 e. The third-order valence-corrected chi connectivity index (χ3v) is 10.7. The van der Waals surface area contributed by atoms with Gasteiger partial charge in [0.15, 0.2) is 0 Å². The summed E-state index contributed by atoms with van der Waals surface area (Å²) in [7, 11) is 0. The Hall–Kier alpha value is -1.85. The Morgan fingerprint density at radius 1 is 0.396 bits per heavy atom. The predicted octanol–water partition coefficient (Wildman–Crippen LogP) is 12.4. The van der Waals surface area contributed by atoms with Crippen LogP contribution in [-0.4, -0.2) is 35.0 Å². The fourth-order valence-corrected chi connectivity index (χ4v) is 7.44. The van der Waals surface area contributed by atoms with Crippen molar-refractivity contribution in [3.8, 4) is 0 Å². The smallest absolute Gasteiger partial charge is 0.550 e. The van der Waals surface area contributed by atoms with Gasteiger partial charge in [-0.1, -0.05) is 241 Å². The zero-order chi connectivity index (χ0) is 37.7. The zero-order valence-corrected chi connectivity index (χ0v) is 35.9. The summed E-state index contributed by atoms with van der Waals surface area (Å²) in [6.45, 7) is 4.54. The van der Waals surface area contributed by atoms with Crippen LogP contribution in [0, 0.1) is 0 Å². The van der Waals surface area contributed by atoms with Gasteiger partial charge in [-0.15, -0.1) is 0 Å². The molecule has 0 saturated heterocycles. The van der Waals surface area contributed by atoms with Crippen molar-refractivity contribution in [3.05, 3.63) is 71.8 Å². The molecule has 2 rings (SSSR count). The molecule has 296 valence electrons. The summed E-state index contributed by atoms with van der Waals surface area (Å²) in [4.78, 5) is 22.0. The SMILES string of the molecule is CCCCCCCCCCCCCCCC(CC(=O)[O-])c1ccccc1.CCCCCCCCCCCCCCCC(CC(=O)[O-])c1ccccc1.[Mg+2]. The first kappa shape index (κ1) is 51.1. The Balaban J connectivity index is 0.00000100. The van der Waals surface area contributed by atoms with E-state index in [1.165, 1.54) is 154 Å². The van der Waals surface area contributed by atoms with E-state index in [4.69, 9.17) is 0 Å². The van der Waals surface area contributed by atoms with Gasteiger partial charge in [-0.25, -0.2) is 0 Å². The monoisotopic (exact) mass is 743 g/mol. The molecule has 4 nitrogen and oxygen atoms in total. The van der Waals surface area contributed by atoms with E-state index in [-0.39, 0.29) is 47.7 Å². The van der Waals surface area contributed by atoms with E-state index >= 15 is 0 Å². The molecule has 0 fully saturated rings. The van der Waals surface area contributed by atoms with Crippen molar-refractivity contribution in [3.63, 3.8) is 0 Å². The van der Waals surface area contributed by atoms with Crippen LogP contribution in [-0.2, 0) is 9.59 Å². The molecule has 0 aliphatic heterocycles. The van der Waals surface area contributed by atoms with Gasteiger partial charge in [0, 0.05) is 11.9 Å². The average molecular weight is 743 g/mol. The number of aliphatic carboxylic acids is 2. The van der Waals surface area contributed by atoms with Crippen molar-refractivity contribution in [2.24, 2.45) is 0 Å². The van der Waals surface area contributed by atoms with Gasteiger partial charge >= 0.3 is 23.1 Å². The normalized spacial score (nSPS) is 12.0. The standard InChI is InChI=1S/2C24H40O2.Mg/c2*1-2-3-4-5-6-7-8-9-10-11-12-13-15-20-23(21-24(25)26)22-18-16-14-17-19-22;/h2*14,16-19,23H,2-13,15,20-21H2,1H3,(H,25,26);/q;;+2/p-2. The van der Waals surface area contributed by atoms with Gasteiger partial charge < -0.3 is 19.8 Å². The summed E-state index contributed by atoms with van der Waals surface area (Å²) in [6.07, 6.45) is 37.1. The van der Waals surface area contributed by atoms with Gasteiger partial charge in [0.05, 0.1) is 0 Å². The quantitative estimate of drug-likeness (QED) is 0.0528. The van der Waals surface area contributed by atoms with Crippen LogP contribution >= 0.6 is 0 Å². The number of carbonyl (C=O) groups is 2. The molecule has 0 N–H and O–H groups in total. The zero-order valence-electron chi connectivity index (χ0n) is 34.5. The molecule has 0 saturated carbocycles. The number of rotatable bonds is 34. The van der Waals surface area contributed by atoms with Gasteiger partial charge in [-0.3, -0.25) is 0 Å². The number of carboxylic acid groups (broad SMARTS) is 2. The summed E-state index contributed by atoms with van der Waals surface area (Å²) >= 11 is 0. The molecular weight excluding hydrogens is 665 g/mol. The Labute approximate surface area is 343 Å². The molecule has 0 aliphatic carbocycles. The van der Waals surface area contributed by atoms with Crippen molar-refractivity contribution in [2.45, 2.75) is 218 Å². The van der Waals surface area contributed by atoms with E-state index < -0.39 is 11.9 Å². The predicted molar refractivity (Wildman–Crippen MR) is 224 cm³/mol. The Morgan fingerprint density at radius 2 is 0.623 bits per heavy atom. The molecule has 2 unspecified atom stereocenters. The minimum Gasteiger partial charge on any atom is -0.550 e. The van der Waals surface area contributed by atoms with Crippen LogP contribution in [0.4, 0.5) is 0 Å². The van der Waals surface area contributed by atoms with Crippen LogP contribution in [0.25, 0.3) is 0 Å². The number of hydrogen-bond donors (Lipinski definition) is 0. The minimum atomic E-state index is -0.937. The van der Waals surface area contributed by atoms with Gasteiger partial charge in [0.25, 0.3) is 0 Å². The van der Waals surface area contributed by atoms with Gasteiger partial charge in [-0.2, -0.15) is 0 Å². The minimum absolute atomic E-state index is 0. The molecule has 0 spiro atoms. The Bertz CT molecular complexity index is 974. The average Bonchev–Trinajstić information content (AvgIpc) is 3.15. The van der Waals surface area contributed by atoms with E-state index in [1.807, 2.05) is 60.7 Å². The van der Waals surface area contributed by atoms with E-state index in [0.717, 1.165) is 36.8 Å². The number of carbonyl (C=O) groups excluding carboxylic acids is 2. The molecule has 0 heterocycles. The molecule has 2 aromatic rings. The molecular formula is C48H78MgO4. The molecule has 0 radical (unpaired) electrons. The van der Waals surface area contributed by atoms with E-state index in [2.05, 4.69) is 13.8 Å². The number of unbranched alkanes of at least 4 members (excludes halogenated alkanes) is 24. The van der Waals surface area contributed by atoms with Crippen LogP contribution in [0.15, 0.2) is 60.7 Å². The number of hydrogen-bond acceptors (Lipinski definition) is 4. The summed E-state index contributed by atoms with van der Waals surface area (Å²) < 4.78 is 0. The second-order valence-corrected chi connectivity index (χ2v) is 15.4. The van der Waals surface area contributed by atoms with Crippen LogP contribution in [0.3, 0.4) is 0 Å². The fraction of sp³-hybridized carbons (Fsp3) is 0.708. The van der Waals surface area contributed by atoms with E-state index in [0.29, 0.717) is 0 Å². The second kappa shape index (κ2) is 38.4. The summed E-state index contributed by atoms with van der Waals surface area (Å²) in [5.74, 6) is -1.66. The Morgan fingerprint density at radius 3 is 0.849 bits per heavy atom. The van der Waals surface area contributed by atoms with Crippen molar-refractivity contribution in [1.82, 2.24) is 0 Å². The fourth-order valence-electron chi connectivity index (χ4n) is 7.44. The maximum atomic E-state index is 11.0. The summed E-state index contributed by atoms with van der Waals surface area (Å²) in [5.41, 5.74) is 2.27. The second-order valence-electron chi connectivity index (χ2n) is 15.4. The molecule has 0 aliphatic rings.